The predicted octanol–water partition coefficient (Wildman–Crippen LogP) is -0.0174. The molecule has 0 aliphatic rings. The van der Waals surface area contributed by atoms with Gasteiger partial charge in [-0.3, -0.25) is 0 Å². The number of hydrogen-bond acceptors (Lipinski definition) is 6. The Morgan fingerprint density at radius 1 is 1.62 bits per heavy atom. The van der Waals surface area contributed by atoms with Crippen LogP contribution in [0, 0.1) is 0 Å². The van der Waals surface area contributed by atoms with Crippen molar-refractivity contribution in [2.24, 2.45) is 11.5 Å². The molecule has 9 heteroatoms. The number of carboxylic acids is 1. The summed E-state index contributed by atoms with van der Waals surface area (Å²) in [6, 6.07) is 1.50. The van der Waals surface area contributed by atoms with Crippen molar-refractivity contribution < 1.29 is 18.3 Å². The Kier molecular flexibility index (Phi) is 3.75. The van der Waals surface area contributed by atoms with Gasteiger partial charge < -0.3 is 16.6 Å². The molecule has 1 rings (SSSR count). The highest BCUT2D eigenvalue weighted by atomic mass is 79.9. The SMILES string of the molecule is NCC(N)(C(=O)O)S(=O)(=O)c1sccc1Br. The number of hydrogen-bond donors (Lipinski definition) is 3. The average molecular weight is 329 g/mol. The van der Waals surface area contributed by atoms with Crippen LogP contribution < -0.4 is 11.5 Å². The topological polar surface area (TPSA) is 123 Å². The minimum Gasteiger partial charge on any atom is -0.479 e. The molecular formula is C7H9BrN2O4S2. The smallest absolute Gasteiger partial charge is 0.341 e. The lowest BCUT2D eigenvalue weighted by Gasteiger charge is -2.22. The third-order valence-corrected chi connectivity index (χ3v) is 6.82. The molecule has 16 heavy (non-hydrogen) atoms. The van der Waals surface area contributed by atoms with Gasteiger partial charge in [-0.05, 0) is 27.4 Å². The maximum Gasteiger partial charge on any atom is 0.341 e. The fraction of sp³-hybridized carbons (Fsp3) is 0.286. The van der Waals surface area contributed by atoms with Gasteiger partial charge in [-0.15, -0.1) is 11.3 Å². The second-order valence-corrected chi connectivity index (χ2v) is 7.13. The van der Waals surface area contributed by atoms with Crippen LogP contribution in [0.25, 0.3) is 0 Å². The van der Waals surface area contributed by atoms with Crippen LogP contribution in [0.2, 0.25) is 0 Å². The van der Waals surface area contributed by atoms with Crippen molar-refractivity contribution in [2.75, 3.05) is 6.54 Å². The van der Waals surface area contributed by atoms with Gasteiger partial charge >= 0.3 is 5.97 Å². The molecule has 0 spiro atoms. The van der Waals surface area contributed by atoms with E-state index in [0.29, 0.717) is 0 Å². The number of carboxylic acid groups (broad SMARTS) is 1. The zero-order chi connectivity index (χ0) is 12.6. The zero-order valence-electron chi connectivity index (χ0n) is 7.88. The Hall–Kier alpha value is -0.480. The Balaban J connectivity index is 3.43. The summed E-state index contributed by atoms with van der Waals surface area (Å²) >= 11 is 3.90. The van der Waals surface area contributed by atoms with Crippen molar-refractivity contribution in [3.8, 4) is 0 Å². The summed E-state index contributed by atoms with van der Waals surface area (Å²) in [4.78, 5) is 8.41. The number of nitrogens with two attached hydrogens (primary N) is 2. The minimum atomic E-state index is -4.21. The summed E-state index contributed by atoms with van der Waals surface area (Å²) in [6.07, 6.45) is 0. The molecule has 0 fully saturated rings. The molecule has 1 atom stereocenters. The van der Waals surface area contributed by atoms with E-state index in [0.717, 1.165) is 11.3 Å². The molecule has 0 aromatic carbocycles. The normalized spacial score (nSPS) is 15.7. The average Bonchev–Trinajstić information content (AvgIpc) is 2.63. The first-order valence-corrected chi connectivity index (χ1v) is 7.13. The van der Waals surface area contributed by atoms with E-state index in [1.807, 2.05) is 0 Å². The maximum atomic E-state index is 12.0. The van der Waals surface area contributed by atoms with Crippen LogP contribution in [0.3, 0.4) is 0 Å². The molecule has 0 amide bonds. The van der Waals surface area contributed by atoms with Crippen LogP contribution in [0.15, 0.2) is 20.1 Å². The van der Waals surface area contributed by atoms with E-state index in [2.05, 4.69) is 15.9 Å². The van der Waals surface area contributed by atoms with Crippen molar-refractivity contribution in [3.63, 3.8) is 0 Å². The molecule has 0 saturated heterocycles. The van der Waals surface area contributed by atoms with Crippen LogP contribution in [0.5, 0.6) is 0 Å². The molecule has 0 saturated carbocycles. The van der Waals surface area contributed by atoms with Gasteiger partial charge in [0.2, 0.25) is 14.7 Å². The molecule has 0 aliphatic heterocycles. The van der Waals surface area contributed by atoms with Crippen LogP contribution in [-0.2, 0) is 14.6 Å². The van der Waals surface area contributed by atoms with Crippen LogP contribution in [-0.4, -0.2) is 30.9 Å². The first-order chi connectivity index (χ1) is 7.27. The summed E-state index contributed by atoms with van der Waals surface area (Å²) in [6.45, 7) is -0.699. The number of thiophene rings is 1. The summed E-state index contributed by atoms with van der Waals surface area (Å²) in [5.74, 6) is -1.67. The monoisotopic (exact) mass is 328 g/mol. The molecule has 1 unspecified atom stereocenters. The van der Waals surface area contributed by atoms with Gasteiger partial charge in [-0.25, -0.2) is 13.2 Å². The van der Waals surface area contributed by atoms with Crippen molar-refractivity contribution in [3.05, 3.63) is 15.9 Å². The number of sulfone groups is 1. The molecule has 5 N–H and O–H groups in total. The summed E-state index contributed by atoms with van der Waals surface area (Å²) in [5.41, 5.74) is 10.5. The van der Waals surface area contributed by atoms with Crippen molar-refractivity contribution >= 4 is 43.1 Å². The highest BCUT2D eigenvalue weighted by Gasteiger charge is 2.48. The van der Waals surface area contributed by atoms with E-state index in [9.17, 15) is 13.2 Å². The molecule has 1 aromatic heterocycles. The van der Waals surface area contributed by atoms with Crippen molar-refractivity contribution in [1.82, 2.24) is 0 Å². The maximum absolute atomic E-state index is 12.0. The van der Waals surface area contributed by atoms with Crippen LogP contribution in [0.4, 0.5) is 0 Å². The number of carbonyl (C=O) groups is 1. The minimum absolute atomic E-state index is 0.136. The molecule has 90 valence electrons. The Bertz CT molecular complexity index is 512. The molecule has 6 nitrogen and oxygen atoms in total. The van der Waals surface area contributed by atoms with Gasteiger partial charge in [-0.1, -0.05) is 0 Å². The predicted molar refractivity (Wildman–Crippen MR) is 62.8 cm³/mol. The zero-order valence-corrected chi connectivity index (χ0v) is 11.1. The third kappa shape index (κ3) is 1.89. The summed E-state index contributed by atoms with van der Waals surface area (Å²) in [5, 5.41) is 10.4. The first-order valence-electron chi connectivity index (χ1n) is 3.97. The van der Waals surface area contributed by atoms with E-state index >= 15 is 0 Å². The summed E-state index contributed by atoms with van der Waals surface area (Å²) in [7, 11) is -4.21. The highest BCUT2D eigenvalue weighted by Crippen LogP contribution is 2.32. The number of aliphatic carboxylic acids is 1. The fourth-order valence-corrected chi connectivity index (χ4v) is 4.91. The largest absolute Gasteiger partial charge is 0.479 e. The third-order valence-electron chi connectivity index (χ3n) is 1.97. The lowest BCUT2D eigenvalue weighted by Crippen LogP contribution is -2.59. The molecule has 0 bridgehead atoms. The molecule has 0 radical (unpaired) electrons. The van der Waals surface area contributed by atoms with E-state index in [1.54, 1.807) is 0 Å². The molecule has 0 aliphatic carbocycles. The quantitative estimate of drug-likeness (QED) is 0.713. The van der Waals surface area contributed by atoms with Gasteiger partial charge in [-0.2, -0.15) is 0 Å². The molecule has 1 heterocycles. The lowest BCUT2D eigenvalue weighted by molar-refractivity contribution is -0.139. The first kappa shape index (κ1) is 13.6. The second-order valence-electron chi connectivity index (χ2n) is 2.96. The lowest BCUT2D eigenvalue weighted by atomic mass is 10.3. The van der Waals surface area contributed by atoms with E-state index < -0.39 is 27.2 Å². The Labute approximate surface area is 104 Å². The number of halogens is 1. The van der Waals surface area contributed by atoms with Crippen molar-refractivity contribution in [1.29, 1.82) is 0 Å². The summed E-state index contributed by atoms with van der Waals surface area (Å²) < 4.78 is 24.1. The van der Waals surface area contributed by atoms with E-state index in [1.165, 1.54) is 11.4 Å². The van der Waals surface area contributed by atoms with E-state index in [-0.39, 0.29) is 8.68 Å². The fourth-order valence-electron chi connectivity index (χ4n) is 0.949. The van der Waals surface area contributed by atoms with Crippen LogP contribution >= 0.6 is 27.3 Å². The second kappa shape index (κ2) is 4.41. The highest BCUT2D eigenvalue weighted by molar-refractivity contribution is 9.10. The van der Waals surface area contributed by atoms with Crippen LogP contribution in [0.1, 0.15) is 0 Å². The van der Waals surface area contributed by atoms with Gasteiger partial charge in [0, 0.05) is 11.0 Å². The molecule has 1 aromatic rings. The van der Waals surface area contributed by atoms with Gasteiger partial charge in [0.25, 0.3) is 0 Å². The van der Waals surface area contributed by atoms with Gasteiger partial charge in [0.1, 0.15) is 4.21 Å². The van der Waals surface area contributed by atoms with E-state index in [4.69, 9.17) is 16.6 Å². The van der Waals surface area contributed by atoms with Gasteiger partial charge in [0.05, 0.1) is 0 Å². The Morgan fingerprint density at radius 3 is 2.50 bits per heavy atom. The Morgan fingerprint density at radius 2 is 2.19 bits per heavy atom. The standard InChI is InChI=1S/C7H9BrN2O4S2/c8-4-1-2-15-5(4)16(13,14)7(10,3-9)6(11)12/h1-2H,3,9-10H2,(H,11,12). The number of rotatable bonds is 4. The van der Waals surface area contributed by atoms with Gasteiger partial charge in [0.15, 0.2) is 0 Å². The van der Waals surface area contributed by atoms with Crippen molar-refractivity contribution in [2.45, 2.75) is 9.08 Å². The molecular weight excluding hydrogens is 320 g/mol.